The number of aliphatic hydroxyl groups is 2. The van der Waals surface area contributed by atoms with Gasteiger partial charge in [0.2, 0.25) is 5.91 Å². The lowest BCUT2D eigenvalue weighted by atomic mass is 9.87. The fourth-order valence-corrected chi connectivity index (χ4v) is 5.54. The first-order chi connectivity index (χ1) is 16.3. The number of amides is 1. The number of rotatable bonds is 8. The zero-order valence-corrected chi connectivity index (χ0v) is 20.6. The zero-order valence-electron chi connectivity index (χ0n) is 19.8. The summed E-state index contributed by atoms with van der Waals surface area (Å²) in [6.45, 7) is 6.72. The van der Waals surface area contributed by atoms with Gasteiger partial charge in [0, 0.05) is 31.4 Å². The summed E-state index contributed by atoms with van der Waals surface area (Å²) in [7, 11) is 0. The van der Waals surface area contributed by atoms with Crippen LogP contribution in [0.3, 0.4) is 0 Å². The molecule has 180 valence electrons. The van der Waals surface area contributed by atoms with Gasteiger partial charge >= 0.3 is 0 Å². The van der Waals surface area contributed by atoms with Crippen LogP contribution in [0.2, 0.25) is 0 Å². The van der Waals surface area contributed by atoms with Gasteiger partial charge in [-0.25, -0.2) is 4.98 Å². The predicted molar refractivity (Wildman–Crippen MR) is 133 cm³/mol. The average molecular weight is 481 g/mol. The van der Waals surface area contributed by atoms with Crippen LogP contribution in [-0.4, -0.2) is 55.9 Å². The van der Waals surface area contributed by atoms with Crippen LogP contribution in [0.15, 0.2) is 54.3 Å². The second-order valence-corrected chi connectivity index (χ2v) is 10.1. The van der Waals surface area contributed by atoms with E-state index in [0.717, 1.165) is 27.3 Å². The van der Waals surface area contributed by atoms with Crippen LogP contribution in [0.5, 0.6) is 0 Å². The number of β-amino-alcohol motifs (C(OH)–C–C–N with tert-alkyl or cyclic N) is 1. The first-order valence-corrected chi connectivity index (χ1v) is 12.5. The van der Waals surface area contributed by atoms with Crippen LogP contribution in [0, 0.1) is 12.8 Å². The van der Waals surface area contributed by atoms with Crippen molar-refractivity contribution in [2.75, 3.05) is 6.54 Å². The molecule has 3 aromatic rings. The van der Waals surface area contributed by atoms with E-state index in [4.69, 9.17) is 0 Å². The molecular weight excluding hydrogens is 448 g/mol. The van der Waals surface area contributed by atoms with Gasteiger partial charge in [-0.1, -0.05) is 44.2 Å². The number of pyridine rings is 1. The smallest absolute Gasteiger partial charge is 0.237 e. The van der Waals surface area contributed by atoms with Gasteiger partial charge in [0.15, 0.2) is 0 Å². The van der Waals surface area contributed by atoms with Gasteiger partial charge < -0.3 is 15.5 Å². The minimum Gasteiger partial charge on any atom is -0.392 e. The Balaban J connectivity index is 1.43. The second kappa shape index (κ2) is 10.7. The van der Waals surface area contributed by atoms with E-state index in [1.54, 1.807) is 28.6 Å². The lowest BCUT2D eigenvalue weighted by molar-refractivity contribution is -0.131. The Morgan fingerprint density at radius 2 is 2.03 bits per heavy atom. The fraction of sp³-hybridized carbons (Fsp3) is 0.423. The normalized spacial score (nSPS) is 20.4. The number of carbonyl (C=O) groups excluding carboxylic acids is 1. The Morgan fingerprint density at radius 1 is 1.26 bits per heavy atom. The first-order valence-electron chi connectivity index (χ1n) is 11.6. The van der Waals surface area contributed by atoms with Crippen molar-refractivity contribution in [2.45, 2.75) is 58.0 Å². The number of aromatic nitrogens is 2. The number of likely N-dealkylation sites (tertiary alicyclic amines) is 1. The summed E-state index contributed by atoms with van der Waals surface area (Å²) in [5.41, 5.74) is 5.86. The van der Waals surface area contributed by atoms with Gasteiger partial charge in [-0.15, -0.1) is 11.3 Å². The summed E-state index contributed by atoms with van der Waals surface area (Å²) >= 11 is 1.61. The summed E-state index contributed by atoms with van der Waals surface area (Å²) in [6, 6.07) is 11.3. The molecule has 1 aliphatic heterocycles. The van der Waals surface area contributed by atoms with E-state index in [2.05, 4.69) is 15.3 Å². The molecule has 8 heteroatoms. The summed E-state index contributed by atoms with van der Waals surface area (Å²) in [5, 5.41) is 24.6. The predicted octanol–water partition coefficient (Wildman–Crippen LogP) is 3.32. The molecule has 1 aromatic carbocycles. The van der Waals surface area contributed by atoms with Crippen molar-refractivity contribution in [3.05, 3.63) is 71.1 Å². The van der Waals surface area contributed by atoms with Gasteiger partial charge in [-0.05, 0) is 42.0 Å². The highest BCUT2D eigenvalue weighted by atomic mass is 32.1. The molecule has 1 saturated heterocycles. The minimum absolute atomic E-state index is 0.126. The van der Waals surface area contributed by atoms with Crippen molar-refractivity contribution >= 4 is 17.2 Å². The Hall–Kier alpha value is -2.65. The molecule has 1 fully saturated rings. The van der Waals surface area contributed by atoms with Crippen molar-refractivity contribution in [2.24, 2.45) is 5.92 Å². The zero-order chi connectivity index (χ0) is 24.2. The van der Waals surface area contributed by atoms with E-state index >= 15 is 0 Å². The van der Waals surface area contributed by atoms with Gasteiger partial charge in [0.1, 0.15) is 6.23 Å². The van der Waals surface area contributed by atoms with Gasteiger partial charge in [-0.2, -0.15) is 0 Å². The number of thiazole rings is 1. The SMILES string of the molecule is Cc1ncsc1-c1ccc(CNC(=O)[C@@H]2C[C@@H](O)CN2C(O)[C@@H](c2cccnc2)C(C)C)cc1. The summed E-state index contributed by atoms with van der Waals surface area (Å²) < 4.78 is 0. The molecule has 0 spiro atoms. The summed E-state index contributed by atoms with van der Waals surface area (Å²) in [4.78, 5) is 24.5. The highest BCUT2D eigenvalue weighted by Crippen LogP contribution is 2.33. The number of aliphatic hydroxyl groups excluding tert-OH is 2. The lowest BCUT2D eigenvalue weighted by Crippen LogP contribution is -2.50. The number of hydrogen-bond acceptors (Lipinski definition) is 7. The Bertz CT molecular complexity index is 1090. The van der Waals surface area contributed by atoms with Crippen molar-refractivity contribution in [3.63, 3.8) is 0 Å². The molecule has 0 radical (unpaired) electrons. The largest absolute Gasteiger partial charge is 0.392 e. The Kier molecular flexibility index (Phi) is 7.73. The van der Waals surface area contributed by atoms with Crippen LogP contribution >= 0.6 is 11.3 Å². The molecule has 0 bridgehead atoms. The lowest BCUT2D eigenvalue weighted by Gasteiger charge is -2.36. The third-order valence-electron chi connectivity index (χ3n) is 6.50. The molecule has 1 aliphatic rings. The van der Waals surface area contributed by atoms with Gasteiger partial charge in [0.25, 0.3) is 0 Å². The number of benzene rings is 1. The Labute approximate surface area is 204 Å². The molecule has 3 N–H and O–H groups in total. The van der Waals surface area contributed by atoms with Crippen LogP contribution in [0.1, 0.15) is 43.0 Å². The van der Waals surface area contributed by atoms with Gasteiger partial charge in [0.05, 0.1) is 28.2 Å². The van der Waals surface area contributed by atoms with Crippen LogP contribution in [0.4, 0.5) is 0 Å². The number of carbonyl (C=O) groups is 1. The second-order valence-electron chi connectivity index (χ2n) is 9.25. The maximum absolute atomic E-state index is 13.1. The summed E-state index contributed by atoms with van der Waals surface area (Å²) in [6.07, 6.45) is 2.19. The molecule has 2 aromatic heterocycles. The van der Waals surface area contributed by atoms with Crippen molar-refractivity contribution in [1.82, 2.24) is 20.2 Å². The van der Waals surface area contributed by atoms with Crippen molar-refractivity contribution in [1.29, 1.82) is 0 Å². The monoisotopic (exact) mass is 480 g/mol. The molecule has 34 heavy (non-hydrogen) atoms. The van der Waals surface area contributed by atoms with E-state index in [1.807, 2.05) is 62.7 Å². The van der Waals surface area contributed by atoms with E-state index in [-0.39, 0.29) is 24.3 Å². The van der Waals surface area contributed by atoms with Gasteiger partial charge in [-0.3, -0.25) is 14.7 Å². The summed E-state index contributed by atoms with van der Waals surface area (Å²) in [5.74, 6) is -0.287. The first kappa shape index (κ1) is 24.5. The molecular formula is C26H32N4O3S. The van der Waals surface area contributed by atoms with Crippen LogP contribution < -0.4 is 5.32 Å². The molecule has 4 atom stereocenters. The maximum atomic E-state index is 13.1. The van der Waals surface area contributed by atoms with Crippen molar-refractivity contribution < 1.29 is 15.0 Å². The number of nitrogens with zero attached hydrogens (tertiary/aromatic N) is 3. The molecule has 0 saturated carbocycles. The quantitative estimate of drug-likeness (QED) is 0.458. The fourth-order valence-electron chi connectivity index (χ4n) is 4.73. The van der Waals surface area contributed by atoms with E-state index in [0.29, 0.717) is 13.0 Å². The third-order valence-corrected chi connectivity index (χ3v) is 7.47. The number of nitrogens with one attached hydrogen (secondary N) is 1. The third kappa shape index (κ3) is 5.36. The molecule has 1 unspecified atom stereocenters. The van der Waals surface area contributed by atoms with Crippen LogP contribution in [0.25, 0.3) is 10.4 Å². The minimum atomic E-state index is -0.904. The highest BCUT2D eigenvalue weighted by Gasteiger charge is 2.42. The average Bonchev–Trinajstić information content (AvgIpc) is 3.44. The highest BCUT2D eigenvalue weighted by molar-refractivity contribution is 7.13. The van der Waals surface area contributed by atoms with E-state index < -0.39 is 18.4 Å². The van der Waals surface area contributed by atoms with Crippen LogP contribution in [-0.2, 0) is 11.3 Å². The maximum Gasteiger partial charge on any atom is 0.237 e. The molecule has 1 amide bonds. The molecule has 0 aliphatic carbocycles. The van der Waals surface area contributed by atoms with E-state index in [1.165, 1.54) is 0 Å². The molecule has 7 nitrogen and oxygen atoms in total. The standard InChI is InChI=1S/C26H32N4O3S/c1-16(2)23(20-5-4-10-27-13-20)26(33)30-14-21(31)11-22(30)25(32)28-12-18-6-8-19(9-7-18)24-17(3)29-15-34-24/h4-10,13,15-16,21-23,26,31,33H,11-12,14H2,1-3H3,(H,28,32)/t21-,22+,23-,26?/m1/s1. The Morgan fingerprint density at radius 3 is 2.65 bits per heavy atom. The van der Waals surface area contributed by atoms with Crippen molar-refractivity contribution in [3.8, 4) is 10.4 Å². The molecule has 3 heterocycles. The number of hydrogen-bond donors (Lipinski definition) is 3. The topological polar surface area (TPSA) is 98.6 Å². The van der Waals surface area contributed by atoms with E-state index in [9.17, 15) is 15.0 Å². The number of aryl methyl sites for hydroxylation is 1. The molecule has 4 rings (SSSR count).